The minimum atomic E-state index is -0.945. The van der Waals surface area contributed by atoms with E-state index in [0.29, 0.717) is 11.7 Å². The van der Waals surface area contributed by atoms with E-state index in [-0.39, 0.29) is 11.3 Å². The molecule has 0 amide bonds. The highest BCUT2D eigenvalue weighted by Crippen LogP contribution is 2.17. The Labute approximate surface area is 117 Å². The van der Waals surface area contributed by atoms with Gasteiger partial charge in [0.2, 0.25) is 0 Å². The molecule has 8 heteroatoms. The van der Waals surface area contributed by atoms with Gasteiger partial charge in [-0.3, -0.25) is 9.59 Å². The SMILES string of the molecule is Cc1cnc(Cn2ccc(=O)nc2SCC(=O)O)s1. The molecule has 2 heterocycles. The molecule has 0 radical (unpaired) electrons. The van der Waals surface area contributed by atoms with Crippen molar-refractivity contribution < 1.29 is 9.90 Å². The molecular weight excluding hydrogens is 286 g/mol. The van der Waals surface area contributed by atoms with Gasteiger partial charge in [-0.05, 0) is 6.92 Å². The van der Waals surface area contributed by atoms with Gasteiger partial charge in [0.05, 0.1) is 12.3 Å². The summed E-state index contributed by atoms with van der Waals surface area (Å²) in [6.45, 7) is 2.44. The van der Waals surface area contributed by atoms with Gasteiger partial charge in [0, 0.05) is 23.3 Å². The maximum atomic E-state index is 11.2. The fourth-order valence-electron chi connectivity index (χ4n) is 1.40. The van der Waals surface area contributed by atoms with Crippen molar-refractivity contribution >= 4 is 29.1 Å². The van der Waals surface area contributed by atoms with E-state index in [0.717, 1.165) is 21.6 Å². The summed E-state index contributed by atoms with van der Waals surface area (Å²) >= 11 is 2.58. The van der Waals surface area contributed by atoms with Gasteiger partial charge < -0.3 is 9.67 Å². The topological polar surface area (TPSA) is 85.1 Å². The molecule has 0 aliphatic rings. The van der Waals surface area contributed by atoms with Crippen LogP contribution in [0.5, 0.6) is 0 Å². The number of thioether (sulfide) groups is 1. The maximum Gasteiger partial charge on any atom is 0.313 e. The zero-order chi connectivity index (χ0) is 13.8. The fraction of sp³-hybridized carbons (Fsp3) is 0.273. The molecule has 6 nitrogen and oxygen atoms in total. The van der Waals surface area contributed by atoms with E-state index >= 15 is 0 Å². The molecule has 19 heavy (non-hydrogen) atoms. The summed E-state index contributed by atoms with van der Waals surface area (Å²) in [6, 6.07) is 1.35. The number of nitrogens with zero attached hydrogens (tertiary/aromatic N) is 3. The number of aliphatic carboxylic acids is 1. The van der Waals surface area contributed by atoms with Gasteiger partial charge in [0.15, 0.2) is 5.16 Å². The van der Waals surface area contributed by atoms with Crippen molar-refractivity contribution in [3.8, 4) is 0 Å². The van der Waals surface area contributed by atoms with Crippen LogP contribution in [0.4, 0.5) is 0 Å². The minimum Gasteiger partial charge on any atom is -0.481 e. The zero-order valence-electron chi connectivity index (χ0n) is 10.1. The van der Waals surface area contributed by atoms with Crippen molar-refractivity contribution in [3.63, 3.8) is 0 Å². The van der Waals surface area contributed by atoms with E-state index in [1.165, 1.54) is 6.07 Å². The third-order valence-electron chi connectivity index (χ3n) is 2.15. The van der Waals surface area contributed by atoms with Crippen LogP contribution in [-0.2, 0) is 11.3 Å². The van der Waals surface area contributed by atoms with Gasteiger partial charge in [0.1, 0.15) is 5.01 Å². The van der Waals surface area contributed by atoms with E-state index in [1.54, 1.807) is 28.3 Å². The second-order valence-electron chi connectivity index (χ2n) is 3.72. The van der Waals surface area contributed by atoms with Gasteiger partial charge in [-0.25, -0.2) is 4.98 Å². The first-order valence-electron chi connectivity index (χ1n) is 5.38. The Hall–Kier alpha value is -1.67. The van der Waals surface area contributed by atoms with Crippen LogP contribution in [0.3, 0.4) is 0 Å². The molecule has 100 valence electrons. The highest BCUT2D eigenvalue weighted by Gasteiger charge is 2.08. The lowest BCUT2D eigenvalue weighted by Gasteiger charge is -2.08. The molecule has 0 unspecified atom stereocenters. The lowest BCUT2D eigenvalue weighted by molar-refractivity contribution is -0.133. The van der Waals surface area contributed by atoms with Gasteiger partial charge in [-0.15, -0.1) is 11.3 Å². The predicted octanol–water partition coefficient (Wildman–Crippen LogP) is 1.23. The lowest BCUT2D eigenvalue weighted by Crippen LogP contribution is -2.14. The van der Waals surface area contributed by atoms with Crippen LogP contribution in [-0.4, -0.2) is 31.4 Å². The molecule has 0 fully saturated rings. The standard InChI is InChI=1S/C11H11N3O3S2/c1-7-4-12-9(19-7)5-14-3-2-8(15)13-11(14)18-6-10(16)17/h2-4H,5-6H2,1H3,(H,16,17). The second kappa shape index (κ2) is 5.98. The molecule has 2 aromatic rings. The molecule has 0 aliphatic heterocycles. The number of rotatable bonds is 5. The van der Waals surface area contributed by atoms with Crippen molar-refractivity contribution in [1.29, 1.82) is 0 Å². The van der Waals surface area contributed by atoms with Crippen molar-refractivity contribution in [2.45, 2.75) is 18.6 Å². The van der Waals surface area contributed by atoms with E-state index in [4.69, 9.17) is 5.11 Å². The first kappa shape index (κ1) is 13.8. The number of carboxylic acid groups (broad SMARTS) is 1. The van der Waals surface area contributed by atoms with Crippen molar-refractivity contribution in [2.75, 3.05) is 5.75 Å². The molecule has 0 atom stereocenters. The first-order valence-corrected chi connectivity index (χ1v) is 7.18. The van der Waals surface area contributed by atoms with Crippen molar-refractivity contribution in [1.82, 2.24) is 14.5 Å². The number of carboxylic acids is 1. The largest absolute Gasteiger partial charge is 0.481 e. The Morgan fingerprint density at radius 3 is 3.00 bits per heavy atom. The van der Waals surface area contributed by atoms with Crippen molar-refractivity contribution in [2.24, 2.45) is 0 Å². The van der Waals surface area contributed by atoms with Gasteiger partial charge in [0.25, 0.3) is 5.56 Å². The average molecular weight is 297 g/mol. The molecule has 0 aliphatic carbocycles. The molecule has 0 saturated heterocycles. The van der Waals surface area contributed by atoms with Crippen LogP contribution in [0.1, 0.15) is 9.88 Å². The first-order chi connectivity index (χ1) is 9.04. The summed E-state index contributed by atoms with van der Waals surface area (Å²) in [5.41, 5.74) is -0.376. The summed E-state index contributed by atoms with van der Waals surface area (Å²) in [7, 11) is 0. The maximum absolute atomic E-state index is 11.2. The van der Waals surface area contributed by atoms with E-state index < -0.39 is 5.97 Å². The Morgan fingerprint density at radius 1 is 1.58 bits per heavy atom. The van der Waals surface area contributed by atoms with Crippen LogP contribution < -0.4 is 5.56 Å². The fourth-order valence-corrected chi connectivity index (χ4v) is 2.88. The van der Waals surface area contributed by atoms with Crippen LogP contribution >= 0.6 is 23.1 Å². The van der Waals surface area contributed by atoms with Gasteiger partial charge in [-0.1, -0.05) is 11.8 Å². The van der Waals surface area contributed by atoms with Gasteiger partial charge >= 0.3 is 5.97 Å². The molecule has 2 aromatic heterocycles. The number of thiazole rings is 1. The predicted molar refractivity (Wildman–Crippen MR) is 72.8 cm³/mol. The number of aromatic nitrogens is 3. The molecule has 2 rings (SSSR count). The number of aryl methyl sites for hydroxylation is 1. The molecule has 1 N–H and O–H groups in total. The Balaban J connectivity index is 2.23. The molecule has 0 aromatic carbocycles. The summed E-state index contributed by atoms with van der Waals surface area (Å²) in [5.74, 6) is -1.08. The van der Waals surface area contributed by atoms with Crippen LogP contribution in [0, 0.1) is 6.92 Å². The summed E-state index contributed by atoms with van der Waals surface area (Å²) in [6.07, 6.45) is 3.39. The van der Waals surface area contributed by atoms with Crippen molar-refractivity contribution in [3.05, 3.63) is 38.7 Å². The van der Waals surface area contributed by atoms with Crippen LogP contribution in [0.25, 0.3) is 0 Å². The average Bonchev–Trinajstić information content (AvgIpc) is 2.75. The molecule has 0 spiro atoms. The Bertz CT molecular complexity index is 651. The van der Waals surface area contributed by atoms with E-state index in [9.17, 15) is 9.59 Å². The minimum absolute atomic E-state index is 0.132. The summed E-state index contributed by atoms with van der Waals surface area (Å²) in [4.78, 5) is 31.0. The lowest BCUT2D eigenvalue weighted by atomic mass is 10.6. The highest BCUT2D eigenvalue weighted by molar-refractivity contribution is 7.99. The van der Waals surface area contributed by atoms with Crippen LogP contribution in [0.15, 0.2) is 28.4 Å². The van der Waals surface area contributed by atoms with E-state index in [1.807, 2.05) is 6.92 Å². The monoisotopic (exact) mass is 297 g/mol. The summed E-state index contributed by atoms with van der Waals surface area (Å²) < 4.78 is 1.73. The smallest absolute Gasteiger partial charge is 0.313 e. The zero-order valence-corrected chi connectivity index (χ0v) is 11.7. The van der Waals surface area contributed by atoms with E-state index in [2.05, 4.69) is 9.97 Å². The second-order valence-corrected chi connectivity index (χ2v) is 5.99. The summed E-state index contributed by atoms with van der Waals surface area (Å²) in [5, 5.41) is 9.96. The quantitative estimate of drug-likeness (QED) is 0.660. The highest BCUT2D eigenvalue weighted by atomic mass is 32.2. The van der Waals surface area contributed by atoms with Gasteiger partial charge in [-0.2, -0.15) is 4.98 Å². The number of hydrogen-bond acceptors (Lipinski definition) is 6. The third kappa shape index (κ3) is 3.90. The molecular formula is C11H11N3O3S2. The molecule has 0 saturated carbocycles. The van der Waals surface area contributed by atoms with Crippen LogP contribution in [0.2, 0.25) is 0 Å². The molecule has 0 bridgehead atoms. The number of hydrogen-bond donors (Lipinski definition) is 1. The number of carbonyl (C=O) groups is 1. The Kier molecular flexibility index (Phi) is 4.33. The normalized spacial score (nSPS) is 10.6. The Morgan fingerprint density at radius 2 is 2.37 bits per heavy atom. The third-order valence-corrected chi connectivity index (χ3v) is 4.02.